The van der Waals surface area contributed by atoms with E-state index in [1.807, 2.05) is 0 Å². The van der Waals surface area contributed by atoms with Gasteiger partial charge in [0.25, 0.3) is 10.0 Å². The second-order valence-corrected chi connectivity index (χ2v) is 9.18. The molecule has 0 bridgehead atoms. The van der Waals surface area contributed by atoms with Crippen molar-refractivity contribution in [3.8, 4) is 0 Å². The smallest absolute Gasteiger partial charge is 0.280 e. The van der Waals surface area contributed by atoms with E-state index in [4.69, 9.17) is 0 Å². The lowest BCUT2D eigenvalue weighted by Gasteiger charge is -2.13. The number of rotatable bonds is 7. The third-order valence-electron chi connectivity index (χ3n) is 3.37. The van der Waals surface area contributed by atoms with E-state index < -0.39 is 54.4 Å². The SMILES string of the molecule is O=S(=O)(CCCC(F)(F)F)c1ccccc1S(=O)(=O)Nc1ccccc1. The highest BCUT2D eigenvalue weighted by molar-refractivity contribution is 7.95. The number of nitrogens with one attached hydrogen (secondary N) is 1. The average Bonchev–Trinajstić information content (AvgIpc) is 2.54. The number of sulfone groups is 1. The van der Waals surface area contributed by atoms with Crippen molar-refractivity contribution in [1.29, 1.82) is 0 Å². The number of sulfonamides is 1. The summed E-state index contributed by atoms with van der Waals surface area (Å²) in [6.07, 6.45) is -6.38. The molecule has 1 N–H and O–H groups in total. The van der Waals surface area contributed by atoms with Crippen molar-refractivity contribution in [3.05, 3.63) is 54.6 Å². The monoisotopic (exact) mass is 407 g/mol. The van der Waals surface area contributed by atoms with Crippen LogP contribution in [0.4, 0.5) is 18.9 Å². The molecule has 0 unspecified atom stereocenters. The van der Waals surface area contributed by atoms with Gasteiger partial charge in [-0.15, -0.1) is 0 Å². The number of hydrogen-bond donors (Lipinski definition) is 1. The molecule has 0 spiro atoms. The summed E-state index contributed by atoms with van der Waals surface area (Å²) >= 11 is 0. The van der Waals surface area contributed by atoms with Gasteiger partial charge >= 0.3 is 6.18 Å². The predicted octanol–water partition coefficient (Wildman–Crippen LogP) is 3.60. The van der Waals surface area contributed by atoms with Gasteiger partial charge in [-0.2, -0.15) is 13.2 Å². The summed E-state index contributed by atoms with van der Waals surface area (Å²) in [7, 11) is -8.44. The molecule has 0 aliphatic heterocycles. The van der Waals surface area contributed by atoms with Crippen molar-refractivity contribution in [3.63, 3.8) is 0 Å². The normalized spacial score (nSPS) is 12.7. The Hall–Kier alpha value is -2.07. The molecule has 2 rings (SSSR count). The molecule has 0 amide bonds. The lowest BCUT2D eigenvalue weighted by molar-refractivity contribution is -0.134. The Labute approximate surface area is 149 Å². The minimum atomic E-state index is -4.48. The zero-order chi connectivity index (χ0) is 19.4. The maximum Gasteiger partial charge on any atom is 0.389 e. The highest BCUT2D eigenvalue weighted by Gasteiger charge is 2.30. The van der Waals surface area contributed by atoms with Gasteiger partial charge in [0.05, 0.1) is 10.6 Å². The van der Waals surface area contributed by atoms with Crippen LogP contribution in [-0.2, 0) is 19.9 Å². The molecular formula is C16H16F3NO4S2. The summed E-state index contributed by atoms with van der Waals surface area (Å²) in [6, 6.07) is 12.7. The van der Waals surface area contributed by atoms with E-state index in [1.165, 1.54) is 24.3 Å². The Morgan fingerprint density at radius 1 is 0.808 bits per heavy atom. The number of para-hydroxylation sites is 1. The fourth-order valence-corrected chi connectivity index (χ4v) is 5.48. The number of hydrogen-bond acceptors (Lipinski definition) is 4. The van der Waals surface area contributed by atoms with Crippen LogP contribution in [0.5, 0.6) is 0 Å². The quantitative estimate of drug-likeness (QED) is 0.761. The fourth-order valence-electron chi connectivity index (χ4n) is 2.22. The van der Waals surface area contributed by atoms with Gasteiger partial charge in [-0.25, -0.2) is 16.8 Å². The van der Waals surface area contributed by atoms with Gasteiger partial charge in [0.15, 0.2) is 9.84 Å². The Kier molecular flexibility index (Phi) is 5.97. The number of halogens is 3. The van der Waals surface area contributed by atoms with Gasteiger partial charge in [0.2, 0.25) is 0 Å². The van der Waals surface area contributed by atoms with E-state index in [2.05, 4.69) is 4.72 Å². The van der Waals surface area contributed by atoms with Crippen LogP contribution in [0.1, 0.15) is 12.8 Å². The molecule has 0 aliphatic rings. The summed E-state index contributed by atoms with van der Waals surface area (Å²) < 4.78 is 88.8. The molecule has 0 fully saturated rings. The summed E-state index contributed by atoms with van der Waals surface area (Å²) in [6.45, 7) is 0. The number of alkyl halides is 3. The van der Waals surface area contributed by atoms with Crippen molar-refractivity contribution < 1.29 is 30.0 Å². The summed E-state index contributed by atoms with van der Waals surface area (Å²) in [5, 5.41) is 0. The van der Waals surface area contributed by atoms with Crippen molar-refractivity contribution in [2.45, 2.75) is 28.8 Å². The molecule has 2 aromatic rings. The van der Waals surface area contributed by atoms with E-state index >= 15 is 0 Å². The molecular weight excluding hydrogens is 391 g/mol. The third kappa shape index (κ3) is 5.46. The van der Waals surface area contributed by atoms with E-state index in [-0.39, 0.29) is 5.69 Å². The molecule has 0 saturated heterocycles. The maximum atomic E-state index is 12.5. The molecule has 26 heavy (non-hydrogen) atoms. The average molecular weight is 407 g/mol. The van der Waals surface area contributed by atoms with Gasteiger partial charge in [-0.3, -0.25) is 4.72 Å². The molecule has 0 aromatic heterocycles. The van der Waals surface area contributed by atoms with E-state index in [0.717, 1.165) is 12.1 Å². The van der Waals surface area contributed by atoms with Crippen molar-refractivity contribution >= 4 is 25.5 Å². The van der Waals surface area contributed by atoms with Crippen LogP contribution in [0.25, 0.3) is 0 Å². The lowest BCUT2D eigenvalue weighted by Crippen LogP contribution is -2.19. The molecule has 142 valence electrons. The lowest BCUT2D eigenvalue weighted by atomic mass is 10.3. The molecule has 0 atom stereocenters. The first-order chi connectivity index (χ1) is 12.0. The Bertz CT molecular complexity index is 956. The van der Waals surface area contributed by atoms with Crippen LogP contribution in [0.3, 0.4) is 0 Å². The van der Waals surface area contributed by atoms with Crippen LogP contribution >= 0.6 is 0 Å². The molecule has 0 aliphatic carbocycles. The van der Waals surface area contributed by atoms with Crippen LogP contribution in [0.15, 0.2) is 64.4 Å². The highest BCUT2D eigenvalue weighted by atomic mass is 32.2. The molecule has 10 heteroatoms. The summed E-state index contributed by atoms with van der Waals surface area (Å²) in [5.41, 5.74) is 0.233. The number of anilines is 1. The van der Waals surface area contributed by atoms with Crippen LogP contribution < -0.4 is 4.72 Å². The van der Waals surface area contributed by atoms with Crippen molar-refractivity contribution in [2.24, 2.45) is 0 Å². The maximum absolute atomic E-state index is 12.5. The predicted molar refractivity (Wildman–Crippen MR) is 91.0 cm³/mol. The van der Waals surface area contributed by atoms with Gasteiger partial charge < -0.3 is 0 Å². The second-order valence-electron chi connectivity index (χ2n) is 5.46. The zero-order valence-electron chi connectivity index (χ0n) is 13.4. The molecule has 2 aromatic carbocycles. The third-order valence-corrected chi connectivity index (χ3v) is 6.79. The van der Waals surface area contributed by atoms with E-state index in [0.29, 0.717) is 0 Å². The van der Waals surface area contributed by atoms with Crippen LogP contribution in [0.2, 0.25) is 0 Å². The second kappa shape index (κ2) is 7.67. The largest absolute Gasteiger partial charge is 0.389 e. The molecule has 5 nitrogen and oxygen atoms in total. The molecule has 0 saturated carbocycles. The van der Waals surface area contributed by atoms with E-state index in [9.17, 15) is 30.0 Å². The Balaban J connectivity index is 2.32. The first-order valence-corrected chi connectivity index (χ1v) is 10.6. The van der Waals surface area contributed by atoms with Gasteiger partial charge in [-0.1, -0.05) is 30.3 Å². The first-order valence-electron chi connectivity index (χ1n) is 7.48. The minimum absolute atomic E-state index is 0.233. The first kappa shape index (κ1) is 20.2. The van der Waals surface area contributed by atoms with E-state index in [1.54, 1.807) is 18.2 Å². The van der Waals surface area contributed by atoms with Crippen molar-refractivity contribution in [2.75, 3.05) is 10.5 Å². The summed E-state index contributed by atoms with van der Waals surface area (Å²) in [5.74, 6) is -0.801. The highest BCUT2D eigenvalue weighted by Crippen LogP contribution is 2.27. The fraction of sp³-hybridized carbons (Fsp3) is 0.250. The zero-order valence-corrected chi connectivity index (χ0v) is 15.0. The molecule has 0 heterocycles. The Morgan fingerprint density at radius 3 is 1.92 bits per heavy atom. The van der Waals surface area contributed by atoms with Gasteiger partial charge in [-0.05, 0) is 30.7 Å². The van der Waals surface area contributed by atoms with Crippen LogP contribution in [-0.4, -0.2) is 28.8 Å². The van der Waals surface area contributed by atoms with Crippen LogP contribution in [0, 0.1) is 0 Å². The minimum Gasteiger partial charge on any atom is -0.280 e. The van der Waals surface area contributed by atoms with Gasteiger partial charge in [0, 0.05) is 12.1 Å². The van der Waals surface area contributed by atoms with Crippen molar-refractivity contribution in [1.82, 2.24) is 0 Å². The standard InChI is InChI=1S/C16H16F3NO4S2/c17-16(18,19)11-6-12-25(21,22)14-9-4-5-10-15(14)26(23,24)20-13-7-2-1-3-8-13/h1-5,7-10,20H,6,11-12H2. The van der Waals surface area contributed by atoms with Gasteiger partial charge in [0.1, 0.15) is 4.90 Å². The molecule has 0 radical (unpaired) electrons. The Morgan fingerprint density at radius 2 is 1.35 bits per heavy atom. The topological polar surface area (TPSA) is 80.3 Å². The summed E-state index contributed by atoms with van der Waals surface area (Å²) in [4.78, 5) is -1.03. The number of benzene rings is 2.